The molecule has 20 heavy (non-hydrogen) atoms. The van der Waals surface area contributed by atoms with Crippen molar-refractivity contribution in [1.82, 2.24) is 4.98 Å². The third kappa shape index (κ3) is 4.01. The predicted octanol–water partition coefficient (Wildman–Crippen LogP) is 3.72. The molecule has 0 amide bonds. The molecule has 0 saturated heterocycles. The fourth-order valence-electron chi connectivity index (χ4n) is 1.97. The van der Waals surface area contributed by atoms with E-state index in [1.807, 2.05) is 36.4 Å². The highest BCUT2D eigenvalue weighted by atomic mass is 31.2. The lowest BCUT2D eigenvalue weighted by Crippen LogP contribution is -2.20. The van der Waals surface area contributed by atoms with E-state index in [-0.39, 0.29) is 6.16 Å². The third-order valence-electron chi connectivity index (χ3n) is 2.95. The molecule has 1 N–H and O–H groups in total. The van der Waals surface area contributed by atoms with Gasteiger partial charge in [0.25, 0.3) is 0 Å². The zero-order valence-corrected chi connectivity index (χ0v) is 12.5. The lowest BCUT2D eigenvalue weighted by Gasteiger charge is -2.28. The van der Waals surface area contributed by atoms with Crippen LogP contribution >= 0.6 is 7.60 Å². The molecule has 4 nitrogen and oxygen atoms in total. The van der Waals surface area contributed by atoms with E-state index >= 15 is 0 Å². The Morgan fingerprint density at radius 1 is 1.20 bits per heavy atom. The van der Waals surface area contributed by atoms with Crippen molar-refractivity contribution >= 4 is 7.60 Å². The minimum atomic E-state index is -3.73. The Morgan fingerprint density at radius 3 is 2.50 bits per heavy atom. The second kappa shape index (κ2) is 5.88. The normalized spacial score (nSPS) is 14.8. The number of hydrogen-bond acceptors (Lipinski definition) is 3. The number of aromatic nitrogens is 1. The summed E-state index contributed by atoms with van der Waals surface area (Å²) in [6.45, 7) is 3.52. The summed E-state index contributed by atoms with van der Waals surface area (Å²) in [4.78, 5) is 14.1. The zero-order valence-electron chi connectivity index (χ0n) is 11.6. The third-order valence-corrected chi connectivity index (χ3v) is 4.46. The van der Waals surface area contributed by atoms with Crippen LogP contribution in [0.5, 0.6) is 0 Å². The van der Waals surface area contributed by atoms with Crippen LogP contribution in [0.4, 0.5) is 0 Å². The van der Waals surface area contributed by atoms with E-state index in [1.165, 1.54) is 0 Å². The molecule has 1 atom stereocenters. The Hall–Kier alpha value is -1.48. The zero-order chi connectivity index (χ0) is 14.6. The fourth-order valence-corrected chi connectivity index (χ4v) is 3.53. The van der Waals surface area contributed by atoms with Crippen molar-refractivity contribution < 1.29 is 14.0 Å². The summed E-state index contributed by atoms with van der Waals surface area (Å²) >= 11 is 0. The molecule has 0 aliphatic carbocycles. The molecule has 0 bridgehead atoms. The van der Waals surface area contributed by atoms with Crippen LogP contribution in [0.1, 0.15) is 25.0 Å². The average Bonchev–Trinajstić information content (AvgIpc) is 2.39. The average molecular weight is 291 g/mol. The van der Waals surface area contributed by atoms with E-state index in [1.54, 1.807) is 32.3 Å². The molecule has 106 valence electrons. The summed E-state index contributed by atoms with van der Waals surface area (Å²) in [6.07, 6.45) is 3.29. The summed E-state index contributed by atoms with van der Waals surface area (Å²) in [5, 5.41) is 0. The first-order valence-corrected chi connectivity index (χ1v) is 8.12. The molecule has 1 heterocycles. The number of nitrogens with zero attached hydrogens (tertiary/aromatic N) is 1. The summed E-state index contributed by atoms with van der Waals surface area (Å²) in [7, 11) is -3.73. The Bertz CT molecular complexity index is 599. The highest BCUT2D eigenvalue weighted by Crippen LogP contribution is 2.51. The van der Waals surface area contributed by atoms with Crippen LogP contribution in [-0.4, -0.2) is 9.88 Å². The molecule has 0 fully saturated rings. The fraction of sp³-hybridized carbons (Fsp3) is 0.267. The SMILES string of the molecule is CC(C)(OP(=O)(O)Cc1ccccc1)c1cccnc1. The summed E-state index contributed by atoms with van der Waals surface area (Å²) in [6, 6.07) is 12.8. The van der Waals surface area contributed by atoms with Crippen LogP contribution in [0.3, 0.4) is 0 Å². The summed E-state index contributed by atoms with van der Waals surface area (Å²) in [5.41, 5.74) is 0.676. The van der Waals surface area contributed by atoms with Crippen molar-refractivity contribution in [1.29, 1.82) is 0 Å². The highest BCUT2D eigenvalue weighted by Gasteiger charge is 2.32. The van der Waals surface area contributed by atoms with Gasteiger partial charge in [0.15, 0.2) is 0 Å². The van der Waals surface area contributed by atoms with Crippen molar-refractivity contribution in [3.05, 3.63) is 66.0 Å². The number of rotatable bonds is 5. The molecule has 0 spiro atoms. The largest absolute Gasteiger partial charge is 0.333 e. The second-order valence-corrected chi connectivity index (χ2v) is 6.90. The molecule has 1 aromatic heterocycles. The molecule has 0 radical (unpaired) electrons. The molecule has 2 aromatic rings. The maximum atomic E-state index is 12.3. The number of pyridine rings is 1. The van der Waals surface area contributed by atoms with Gasteiger partial charge in [-0.1, -0.05) is 36.4 Å². The molecule has 1 aromatic carbocycles. The Kier molecular flexibility index (Phi) is 4.39. The standard InChI is InChI=1S/C15H18NO3P/c1-15(2,14-9-6-10-16-11-14)19-20(17,18)12-13-7-4-3-5-8-13/h3-11H,12H2,1-2H3,(H,17,18). The van der Waals surface area contributed by atoms with Gasteiger partial charge in [-0.15, -0.1) is 0 Å². The molecule has 2 rings (SSSR count). The molecule has 1 unspecified atom stereocenters. The van der Waals surface area contributed by atoms with Gasteiger partial charge in [-0.25, -0.2) is 0 Å². The van der Waals surface area contributed by atoms with Gasteiger partial charge in [-0.2, -0.15) is 0 Å². The van der Waals surface area contributed by atoms with E-state index < -0.39 is 13.2 Å². The highest BCUT2D eigenvalue weighted by molar-refractivity contribution is 7.52. The number of benzene rings is 1. The van der Waals surface area contributed by atoms with Crippen LogP contribution in [-0.2, 0) is 20.9 Å². The van der Waals surface area contributed by atoms with E-state index in [0.29, 0.717) is 0 Å². The van der Waals surface area contributed by atoms with Crippen LogP contribution in [0.25, 0.3) is 0 Å². The topological polar surface area (TPSA) is 59.4 Å². The predicted molar refractivity (Wildman–Crippen MR) is 78.3 cm³/mol. The van der Waals surface area contributed by atoms with Gasteiger partial charge >= 0.3 is 7.60 Å². The van der Waals surface area contributed by atoms with Crippen LogP contribution < -0.4 is 0 Å². The molecule has 5 heteroatoms. The maximum Gasteiger partial charge on any atom is 0.333 e. The van der Waals surface area contributed by atoms with Crippen LogP contribution in [0.15, 0.2) is 54.9 Å². The maximum absolute atomic E-state index is 12.3. The van der Waals surface area contributed by atoms with Crippen molar-refractivity contribution in [3.63, 3.8) is 0 Å². The van der Waals surface area contributed by atoms with Gasteiger partial charge in [0.05, 0.1) is 11.8 Å². The van der Waals surface area contributed by atoms with Gasteiger partial charge in [0.1, 0.15) is 0 Å². The van der Waals surface area contributed by atoms with E-state index in [9.17, 15) is 9.46 Å². The Morgan fingerprint density at radius 2 is 1.90 bits per heavy atom. The van der Waals surface area contributed by atoms with Crippen molar-refractivity contribution in [2.24, 2.45) is 0 Å². The van der Waals surface area contributed by atoms with E-state index in [4.69, 9.17) is 4.52 Å². The van der Waals surface area contributed by atoms with Crippen LogP contribution in [0, 0.1) is 0 Å². The van der Waals surface area contributed by atoms with Gasteiger partial charge in [0.2, 0.25) is 0 Å². The molecule has 0 saturated carbocycles. The molecular weight excluding hydrogens is 273 g/mol. The van der Waals surface area contributed by atoms with Gasteiger partial charge in [-0.3, -0.25) is 14.1 Å². The first-order chi connectivity index (χ1) is 9.39. The van der Waals surface area contributed by atoms with Crippen molar-refractivity contribution in [2.75, 3.05) is 0 Å². The monoisotopic (exact) mass is 291 g/mol. The van der Waals surface area contributed by atoms with E-state index in [0.717, 1.165) is 11.1 Å². The number of hydrogen-bond donors (Lipinski definition) is 1. The second-order valence-electron chi connectivity index (χ2n) is 5.12. The van der Waals surface area contributed by atoms with Crippen molar-refractivity contribution in [3.8, 4) is 0 Å². The summed E-state index contributed by atoms with van der Waals surface area (Å²) in [5.74, 6) is 0. The Labute approximate surface area is 119 Å². The van der Waals surface area contributed by atoms with Crippen molar-refractivity contribution in [2.45, 2.75) is 25.6 Å². The molecule has 0 aliphatic heterocycles. The lowest BCUT2D eigenvalue weighted by molar-refractivity contribution is 0.0900. The quantitative estimate of drug-likeness (QED) is 0.853. The summed E-state index contributed by atoms with van der Waals surface area (Å²) < 4.78 is 17.8. The van der Waals surface area contributed by atoms with E-state index in [2.05, 4.69) is 4.98 Å². The van der Waals surface area contributed by atoms with Gasteiger partial charge in [0, 0.05) is 18.0 Å². The lowest BCUT2D eigenvalue weighted by atomic mass is 10.0. The van der Waals surface area contributed by atoms with Crippen LogP contribution in [0.2, 0.25) is 0 Å². The van der Waals surface area contributed by atoms with Gasteiger partial charge in [-0.05, 0) is 25.5 Å². The minimum Gasteiger partial charge on any atom is -0.324 e. The molecule has 0 aliphatic rings. The first-order valence-electron chi connectivity index (χ1n) is 6.36. The molecular formula is C15H18NO3P. The minimum absolute atomic E-state index is 0.00245. The smallest absolute Gasteiger partial charge is 0.324 e. The Balaban J connectivity index is 2.13. The first kappa shape index (κ1) is 14.9. The van der Waals surface area contributed by atoms with Gasteiger partial charge < -0.3 is 4.89 Å².